The predicted octanol–water partition coefficient (Wildman–Crippen LogP) is 6.02. The molecule has 0 aliphatic rings. The number of unbranched alkanes of at least 4 members (excludes halogenated alkanes) is 1. The third-order valence-corrected chi connectivity index (χ3v) is 6.21. The summed E-state index contributed by atoms with van der Waals surface area (Å²) in [7, 11) is 0. The van der Waals surface area contributed by atoms with Crippen LogP contribution in [-0.2, 0) is 22.6 Å². The Hall–Kier alpha value is -2.06. The van der Waals surface area contributed by atoms with Crippen molar-refractivity contribution < 1.29 is 19.1 Å². The normalized spacial score (nSPS) is 12.4. The lowest BCUT2D eigenvalue weighted by molar-refractivity contribution is 0.0282. The van der Waals surface area contributed by atoms with Crippen LogP contribution in [0.3, 0.4) is 0 Å². The molecule has 0 aliphatic carbocycles. The Labute approximate surface area is 187 Å². The first-order valence-corrected chi connectivity index (χ1v) is 11.9. The van der Waals surface area contributed by atoms with Crippen LogP contribution in [0.4, 0.5) is 9.59 Å². The van der Waals surface area contributed by atoms with Gasteiger partial charge in [0.2, 0.25) is 0 Å². The number of rotatable bonds is 11. The van der Waals surface area contributed by atoms with E-state index in [1.807, 2.05) is 35.0 Å². The number of carbonyl (C=O) groups is 2. The second-order valence-corrected chi connectivity index (χ2v) is 10.5. The quantitative estimate of drug-likeness (QED) is 0.423. The van der Waals surface area contributed by atoms with E-state index >= 15 is 0 Å². The lowest BCUT2D eigenvalue weighted by atomic mass is 9.89. The smallest absolute Gasteiger partial charge is 0.410 e. The zero-order valence-electron chi connectivity index (χ0n) is 18.0. The van der Waals surface area contributed by atoms with Crippen molar-refractivity contribution in [1.29, 1.82) is 0 Å². The average Bonchev–Trinajstić information content (AvgIpc) is 3.35. The van der Waals surface area contributed by atoms with Gasteiger partial charge in [0.15, 0.2) is 0 Å². The molecule has 0 aliphatic heterocycles. The lowest BCUT2D eigenvalue weighted by Crippen LogP contribution is -2.34. The number of nitrogens with zero attached hydrogens (tertiary/aromatic N) is 1. The molecule has 0 radical (unpaired) electrons. The summed E-state index contributed by atoms with van der Waals surface area (Å²) < 4.78 is 10.7. The maximum Gasteiger partial charge on any atom is 0.410 e. The summed E-state index contributed by atoms with van der Waals surface area (Å²) in [5, 5.41) is 3.97. The van der Waals surface area contributed by atoms with Gasteiger partial charge in [-0.25, -0.2) is 9.59 Å². The molecule has 8 heteroatoms. The lowest BCUT2D eigenvalue weighted by Gasteiger charge is -2.23. The Morgan fingerprint density at radius 1 is 1.07 bits per heavy atom. The third-order valence-electron chi connectivity index (χ3n) is 4.49. The Morgan fingerprint density at radius 3 is 2.13 bits per heavy atom. The molecular weight excluding hydrogens is 420 g/mol. The van der Waals surface area contributed by atoms with E-state index in [9.17, 15) is 9.59 Å². The Kier molecular flexibility index (Phi) is 9.65. The van der Waals surface area contributed by atoms with E-state index in [4.69, 9.17) is 15.2 Å². The van der Waals surface area contributed by atoms with Crippen molar-refractivity contribution in [3.05, 3.63) is 44.8 Å². The van der Waals surface area contributed by atoms with Gasteiger partial charge in [0, 0.05) is 9.75 Å². The predicted molar refractivity (Wildman–Crippen MR) is 122 cm³/mol. The van der Waals surface area contributed by atoms with Crippen molar-refractivity contribution in [3.63, 3.8) is 0 Å². The standard InChI is InChI=1S/C22H32N2O4S2/c1-22(2,3)11-5-4-8-17(28-20(23)25)16-27-21(26)24(14-18-9-6-12-29-18)15-19-10-7-13-30-19/h6-7,9-10,12-13,17H,4-5,8,11,14-16H2,1-3H3,(H2,23,25)/t17-/m1/s1. The van der Waals surface area contributed by atoms with E-state index in [-0.39, 0.29) is 12.0 Å². The molecule has 6 nitrogen and oxygen atoms in total. The molecule has 0 aromatic carbocycles. The molecule has 2 N–H and O–H groups in total. The first-order valence-electron chi connectivity index (χ1n) is 10.2. The number of hydrogen-bond acceptors (Lipinski definition) is 6. The minimum atomic E-state index is -0.846. The number of thiophene rings is 2. The van der Waals surface area contributed by atoms with Crippen molar-refractivity contribution in [3.8, 4) is 0 Å². The molecule has 2 rings (SSSR count). The van der Waals surface area contributed by atoms with E-state index in [2.05, 4.69) is 20.8 Å². The van der Waals surface area contributed by atoms with Gasteiger partial charge in [-0.3, -0.25) is 4.90 Å². The molecule has 0 unspecified atom stereocenters. The van der Waals surface area contributed by atoms with Crippen LogP contribution in [0, 0.1) is 5.41 Å². The van der Waals surface area contributed by atoms with Crippen LogP contribution in [0.2, 0.25) is 0 Å². The van der Waals surface area contributed by atoms with Crippen LogP contribution in [0.1, 0.15) is 56.2 Å². The van der Waals surface area contributed by atoms with Crippen molar-refractivity contribution in [2.75, 3.05) is 6.61 Å². The van der Waals surface area contributed by atoms with Gasteiger partial charge in [-0.15, -0.1) is 22.7 Å². The summed E-state index contributed by atoms with van der Waals surface area (Å²) in [6, 6.07) is 7.91. The number of nitrogens with two attached hydrogens (primary N) is 1. The fourth-order valence-corrected chi connectivity index (χ4v) is 4.43. The van der Waals surface area contributed by atoms with E-state index in [0.29, 0.717) is 19.5 Å². The van der Waals surface area contributed by atoms with Crippen molar-refractivity contribution in [1.82, 2.24) is 4.90 Å². The Bertz CT molecular complexity index is 718. The Morgan fingerprint density at radius 2 is 1.67 bits per heavy atom. The molecule has 0 saturated heterocycles. The number of amides is 2. The van der Waals surface area contributed by atoms with Gasteiger partial charge < -0.3 is 15.2 Å². The van der Waals surface area contributed by atoms with Crippen LogP contribution in [0.15, 0.2) is 35.0 Å². The zero-order chi connectivity index (χ0) is 22.0. The third kappa shape index (κ3) is 9.63. The van der Waals surface area contributed by atoms with Gasteiger partial charge in [0.05, 0.1) is 13.1 Å². The van der Waals surface area contributed by atoms with Gasteiger partial charge in [-0.05, 0) is 47.6 Å². The second kappa shape index (κ2) is 12.0. The number of ether oxygens (including phenoxy) is 2. The van der Waals surface area contributed by atoms with Crippen molar-refractivity contribution in [2.24, 2.45) is 11.1 Å². The van der Waals surface area contributed by atoms with E-state index in [1.54, 1.807) is 27.6 Å². The van der Waals surface area contributed by atoms with Crippen molar-refractivity contribution >= 4 is 34.9 Å². The minimum Gasteiger partial charge on any atom is -0.445 e. The molecule has 0 bridgehead atoms. The summed E-state index contributed by atoms with van der Waals surface area (Å²) in [4.78, 5) is 27.9. The summed E-state index contributed by atoms with van der Waals surface area (Å²) in [5.41, 5.74) is 5.46. The van der Waals surface area contributed by atoms with Crippen LogP contribution in [-0.4, -0.2) is 29.8 Å². The summed E-state index contributed by atoms with van der Waals surface area (Å²) >= 11 is 3.20. The largest absolute Gasteiger partial charge is 0.445 e. The molecule has 2 aromatic rings. The minimum absolute atomic E-state index is 0.00265. The fraction of sp³-hybridized carbons (Fsp3) is 0.545. The monoisotopic (exact) mass is 452 g/mol. The maximum absolute atomic E-state index is 12.8. The van der Waals surface area contributed by atoms with Gasteiger partial charge in [0.1, 0.15) is 12.7 Å². The molecule has 1 atom stereocenters. The fourth-order valence-electron chi connectivity index (χ4n) is 2.99. The molecule has 30 heavy (non-hydrogen) atoms. The number of primary amides is 1. The van der Waals surface area contributed by atoms with Gasteiger partial charge >= 0.3 is 12.2 Å². The molecule has 0 fully saturated rings. The Balaban J connectivity index is 1.90. The highest BCUT2D eigenvalue weighted by Gasteiger charge is 2.21. The van der Waals surface area contributed by atoms with E-state index < -0.39 is 18.3 Å². The summed E-state index contributed by atoms with van der Waals surface area (Å²) in [6.45, 7) is 7.54. The molecule has 2 heterocycles. The maximum atomic E-state index is 12.8. The topological polar surface area (TPSA) is 81.9 Å². The molecule has 166 valence electrons. The van der Waals surface area contributed by atoms with Crippen LogP contribution < -0.4 is 5.73 Å². The van der Waals surface area contributed by atoms with Crippen LogP contribution >= 0.6 is 22.7 Å². The molecule has 2 aromatic heterocycles. The zero-order valence-corrected chi connectivity index (χ0v) is 19.6. The first-order chi connectivity index (χ1) is 14.2. The van der Waals surface area contributed by atoms with Crippen LogP contribution in [0.5, 0.6) is 0 Å². The summed E-state index contributed by atoms with van der Waals surface area (Å²) in [6.07, 6.45) is 1.77. The molecule has 0 spiro atoms. The number of carbonyl (C=O) groups excluding carboxylic acids is 2. The SMILES string of the molecule is CC(C)(C)CCCC[C@H](COC(=O)N(Cc1cccs1)Cc1cccs1)OC(N)=O. The number of hydrogen-bond donors (Lipinski definition) is 1. The molecular formula is C22H32N2O4S2. The van der Waals surface area contributed by atoms with E-state index in [1.165, 1.54) is 0 Å². The van der Waals surface area contributed by atoms with Gasteiger partial charge in [-0.1, -0.05) is 39.3 Å². The average molecular weight is 453 g/mol. The summed E-state index contributed by atoms with van der Waals surface area (Å²) in [5.74, 6) is 0. The van der Waals surface area contributed by atoms with E-state index in [0.717, 1.165) is 29.0 Å². The van der Waals surface area contributed by atoms with Crippen LogP contribution in [0.25, 0.3) is 0 Å². The van der Waals surface area contributed by atoms with Crippen molar-refractivity contribution in [2.45, 2.75) is 65.6 Å². The molecule has 0 saturated carbocycles. The first kappa shape index (κ1) is 24.2. The van der Waals surface area contributed by atoms with Gasteiger partial charge in [-0.2, -0.15) is 0 Å². The highest BCUT2D eigenvalue weighted by molar-refractivity contribution is 7.10. The highest BCUT2D eigenvalue weighted by atomic mass is 32.1. The molecule has 2 amide bonds. The second-order valence-electron chi connectivity index (χ2n) is 8.46. The highest BCUT2D eigenvalue weighted by Crippen LogP contribution is 2.23. The van der Waals surface area contributed by atoms with Gasteiger partial charge in [0.25, 0.3) is 0 Å².